The minimum Gasteiger partial charge on any atom is -0.368 e. The number of primary amides is 1. The zero-order valence-corrected chi connectivity index (χ0v) is 9.80. The van der Waals surface area contributed by atoms with E-state index in [1.165, 1.54) is 11.8 Å². The summed E-state index contributed by atoms with van der Waals surface area (Å²) in [7, 11) is 0. The summed E-state index contributed by atoms with van der Waals surface area (Å²) in [6.45, 7) is 0. The number of nitrogens with two attached hydrogens (primary N) is 1. The van der Waals surface area contributed by atoms with Gasteiger partial charge in [0, 0.05) is 12.4 Å². The maximum atomic E-state index is 11.4. The van der Waals surface area contributed by atoms with Crippen molar-refractivity contribution >= 4 is 17.7 Å². The number of carbonyl (C=O) groups excluding carboxylic acids is 1. The van der Waals surface area contributed by atoms with Crippen molar-refractivity contribution in [1.82, 2.24) is 9.97 Å². The number of nitrogens with zero attached hydrogens (tertiary/aromatic N) is 2. The molecule has 1 atom stereocenters. The molecule has 2 aromatic rings. The van der Waals surface area contributed by atoms with Crippen LogP contribution in [0.5, 0.6) is 0 Å². The predicted octanol–water partition coefficient (Wildman–Crippen LogP) is 1.80. The van der Waals surface area contributed by atoms with Gasteiger partial charge < -0.3 is 5.73 Å². The molecule has 0 radical (unpaired) electrons. The molecule has 0 spiro atoms. The molecule has 4 nitrogen and oxygen atoms in total. The van der Waals surface area contributed by atoms with Gasteiger partial charge in [0.05, 0.1) is 10.7 Å². The number of pyridine rings is 2. The van der Waals surface area contributed by atoms with Crippen molar-refractivity contribution in [3.05, 3.63) is 54.5 Å². The highest BCUT2D eigenvalue weighted by molar-refractivity contribution is 8.00. The Morgan fingerprint density at radius 3 is 2.35 bits per heavy atom. The highest BCUT2D eigenvalue weighted by Crippen LogP contribution is 2.32. The van der Waals surface area contributed by atoms with Crippen LogP contribution in [-0.2, 0) is 4.79 Å². The fourth-order valence-corrected chi connectivity index (χ4v) is 2.23. The maximum absolute atomic E-state index is 11.4. The van der Waals surface area contributed by atoms with Crippen LogP contribution in [0.4, 0.5) is 0 Å². The lowest BCUT2D eigenvalue weighted by molar-refractivity contribution is -0.117. The summed E-state index contributed by atoms with van der Waals surface area (Å²) < 4.78 is 0. The maximum Gasteiger partial charge on any atom is 0.237 e. The monoisotopic (exact) mass is 245 g/mol. The summed E-state index contributed by atoms with van der Waals surface area (Å²) in [5, 5.41) is 0.244. The molecule has 5 heteroatoms. The molecule has 1 amide bonds. The summed E-state index contributed by atoms with van der Waals surface area (Å²) in [6, 6.07) is 10.9. The summed E-state index contributed by atoms with van der Waals surface area (Å²) >= 11 is 1.30. The van der Waals surface area contributed by atoms with Crippen molar-refractivity contribution in [2.45, 2.75) is 10.3 Å². The van der Waals surface area contributed by atoms with Gasteiger partial charge in [-0.25, -0.2) is 4.98 Å². The smallest absolute Gasteiger partial charge is 0.237 e. The predicted molar refractivity (Wildman–Crippen MR) is 66.3 cm³/mol. The number of amides is 1. The lowest BCUT2D eigenvalue weighted by atomic mass is 10.2. The van der Waals surface area contributed by atoms with E-state index in [1.807, 2.05) is 24.3 Å². The van der Waals surface area contributed by atoms with Gasteiger partial charge in [-0.2, -0.15) is 0 Å². The molecule has 0 aromatic carbocycles. The van der Waals surface area contributed by atoms with E-state index in [0.29, 0.717) is 5.69 Å². The average Bonchev–Trinajstić information content (AvgIpc) is 2.38. The van der Waals surface area contributed by atoms with Crippen LogP contribution in [0.2, 0.25) is 0 Å². The van der Waals surface area contributed by atoms with Crippen LogP contribution in [0.15, 0.2) is 53.8 Å². The number of aromatic nitrogens is 2. The molecular weight excluding hydrogens is 234 g/mol. The Morgan fingerprint density at radius 2 is 1.82 bits per heavy atom. The number of carbonyl (C=O) groups is 1. The van der Waals surface area contributed by atoms with Gasteiger partial charge in [0.2, 0.25) is 5.91 Å². The second kappa shape index (κ2) is 5.45. The van der Waals surface area contributed by atoms with Crippen LogP contribution in [0.3, 0.4) is 0 Å². The van der Waals surface area contributed by atoms with Crippen LogP contribution in [0.25, 0.3) is 0 Å². The van der Waals surface area contributed by atoms with Gasteiger partial charge in [0.1, 0.15) is 5.25 Å². The van der Waals surface area contributed by atoms with E-state index in [4.69, 9.17) is 5.73 Å². The molecule has 2 heterocycles. The Kier molecular flexibility index (Phi) is 3.72. The van der Waals surface area contributed by atoms with Gasteiger partial charge in [-0.1, -0.05) is 23.9 Å². The van der Waals surface area contributed by atoms with Gasteiger partial charge in [-0.15, -0.1) is 0 Å². The Labute approximate surface area is 103 Å². The summed E-state index contributed by atoms with van der Waals surface area (Å²) in [5.74, 6) is -0.417. The molecular formula is C12H11N3OS. The minimum absolute atomic E-state index is 0.417. The second-order valence-electron chi connectivity index (χ2n) is 3.32. The van der Waals surface area contributed by atoms with Crippen LogP contribution in [-0.4, -0.2) is 15.9 Å². The number of thioether (sulfide) groups is 1. The first-order valence-electron chi connectivity index (χ1n) is 5.05. The molecule has 0 fully saturated rings. The molecule has 0 bridgehead atoms. The topological polar surface area (TPSA) is 68.9 Å². The molecule has 17 heavy (non-hydrogen) atoms. The van der Waals surface area contributed by atoms with Gasteiger partial charge >= 0.3 is 0 Å². The van der Waals surface area contributed by atoms with E-state index in [0.717, 1.165) is 5.03 Å². The fourth-order valence-electron chi connectivity index (χ4n) is 1.33. The average molecular weight is 245 g/mol. The normalized spacial score (nSPS) is 12.0. The van der Waals surface area contributed by atoms with Crippen molar-refractivity contribution in [1.29, 1.82) is 0 Å². The zero-order chi connectivity index (χ0) is 12.1. The number of hydrogen-bond acceptors (Lipinski definition) is 4. The van der Waals surface area contributed by atoms with Crippen molar-refractivity contribution in [3.8, 4) is 0 Å². The quantitative estimate of drug-likeness (QED) is 0.834. The zero-order valence-electron chi connectivity index (χ0n) is 8.98. The first kappa shape index (κ1) is 11.6. The molecule has 1 unspecified atom stereocenters. The van der Waals surface area contributed by atoms with E-state index in [2.05, 4.69) is 9.97 Å². The Hall–Kier alpha value is -1.88. The second-order valence-corrected chi connectivity index (χ2v) is 4.45. The van der Waals surface area contributed by atoms with Gasteiger partial charge in [0.25, 0.3) is 0 Å². The molecule has 2 rings (SSSR count). The largest absolute Gasteiger partial charge is 0.368 e. The van der Waals surface area contributed by atoms with Crippen molar-refractivity contribution in [2.75, 3.05) is 0 Å². The fraction of sp³-hybridized carbons (Fsp3) is 0.0833. The SMILES string of the molecule is NC(=O)C(Sc1ccccn1)c1ccccn1. The molecule has 0 saturated heterocycles. The lowest BCUT2D eigenvalue weighted by Crippen LogP contribution is -2.19. The van der Waals surface area contributed by atoms with E-state index in [1.54, 1.807) is 24.5 Å². The highest BCUT2D eigenvalue weighted by Gasteiger charge is 2.20. The van der Waals surface area contributed by atoms with E-state index < -0.39 is 11.2 Å². The highest BCUT2D eigenvalue weighted by atomic mass is 32.2. The molecule has 86 valence electrons. The Morgan fingerprint density at radius 1 is 1.12 bits per heavy atom. The van der Waals surface area contributed by atoms with E-state index in [-0.39, 0.29) is 0 Å². The standard InChI is InChI=1S/C12H11N3OS/c13-12(16)11(9-5-1-3-7-14-9)17-10-6-2-4-8-15-10/h1-8,11H,(H2,13,16). The number of rotatable bonds is 4. The Bertz CT molecular complexity index is 490. The van der Waals surface area contributed by atoms with Crippen LogP contribution in [0.1, 0.15) is 10.9 Å². The van der Waals surface area contributed by atoms with Crippen molar-refractivity contribution in [2.24, 2.45) is 5.73 Å². The third kappa shape index (κ3) is 3.04. The van der Waals surface area contributed by atoms with Gasteiger partial charge in [-0.3, -0.25) is 9.78 Å². The molecule has 0 saturated carbocycles. The van der Waals surface area contributed by atoms with Crippen LogP contribution in [0, 0.1) is 0 Å². The molecule has 0 aliphatic heterocycles. The first-order chi connectivity index (χ1) is 8.27. The molecule has 2 aromatic heterocycles. The van der Waals surface area contributed by atoms with E-state index >= 15 is 0 Å². The summed E-state index contributed by atoms with van der Waals surface area (Å²) in [4.78, 5) is 19.7. The summed E-state index contributed by atoms with van der Waals surface area (Å²) in [5.41, 5.74) is 6.04. The van der Waals surface area contributed by atoms with E-state index in [9.17, 15) is 4.79 Å². The van der Waals surface area contributed by atoms with Gasteiger partial charge in [-0.05, 0) is 24.3 Å². The summed E-state index contributed by atoms with van der Waals surface area (Å²) in [6.07, 6.45) is 3.32. The molecule has 0 aliphatic carbocycles. The van der Waals surface area contributed by atoms with Crippen LogP contribution < -0.4 is 5.73 Å². The third-order valence-corrected chi connectivity index (χ3v) is 3.28. The van der Waals surface area contributed by atoms with Crippen molar-refractivity contribution < 1.29 is 4.79 Å². The minimum atomic E-state index is -0.508. The van der Waals surface area contributed by atoms with Gasteiger partial charge in [0.15, 0.2) is 0 Å². The lowest BCUT2D eigenvalue weighted by Gasteiger charge is -2.11. The third-order valence-electron chi connectivity index (χ3n) is 2.09. The van der Waals surface area contributed by atoms with Crippen molar-refractivity contribution in [3.63, 3.8) is 0 Å². The first-order valence-corrected chi connectivity index (χ1v) is 5.93. The molecule has 0 aliphatic rings. The number of hydrogen-bond donors (Lipinski definition) is 1. The molecule has 2 N–H and O–H groups in total. The van der Waals surface area contributed by atoms with Crippen LogP contribution >= 0.6 is 11.8 Å². The Balaban J connectivity index is 2.23.